The van der Waals surface area contributed by atoms with Crippen molar-refractivity contribution < 1.29 is 0 Å². The minimum Gasteiger partial charge on any atom is -0.306 e. The summed E-state index contributed by atoms with van der Waals surface area (Å²) in [4.78, 5) is 10.8. The van der Waals surface area contributed by atoms with Crippen LogP contribution in [0.2, 0.25) is 5.28 Å². The second-order valence-corrected chi connectivity index (χ2v) is 4.64. The monoisotopic (exact) mass is 225 g/mol. The minimum atomic E-state index is 0.373. The van der Waals surface area contributed by atoms with E-state index in [0.717, 1.165) is 17.9 Å². The highest BCUT2D eigenvalue weighted by molar-refractivity contribution is 6.28. The number of likely N-dealkylation sites (N-methyl/N-ethyl adjacent to an activating group) is 1. The Kier molecular flexibility index (Phi) is 3.22. The predicted molar refractivity (Wildman–Crippen MR) is 61.3 cm³/mol. The van der Waals surface area contributed by atoms with Gasteiger partial charge in [-0.3, -0.25) is 0 Å². The van der Waals surface area contributed by atoms with Gasteiger partial charge in [0.25, 0.3) is 0 Å². The average molecular weight is 226 g/mol. The van der Waals surface area contributed by atoms with Crippen LogP contribution < -0.4 is 0 Å². The largest absolute Gasteiger partial charge is 0.306 e. The maximum Gasteiger partial charge on any atom is 0.222 e. The number of nitrogens with zero attached hydrogens (tertiary/aromatic N) is 3. The molecule has 0 aliphatic carbocycles. The first-order chi connectivity index (χ1) is 7.15. The highest BCUT2D eigenvalue weighted by Crippen LogP contribution is 2.25. The zero-order chi connectivity index (χ0) is 10.8. The van der Waals surface area contributed by atoms with Gasteiger partial charge < -0.3 is 4.90 Å². The molecular formula is C11H16ClN3. The summed E-state index contributed by atoms with van der Waals surface area (Å²) in [6, 6.07) is 2.05. The van der Waals surface area contributed by atoms with E-state index in [2.05, 4.69) is 28.0 Å². The van der Waals surface area contributed by atoms with Gasteiger partial charge in [-0.1, -0.05) is 0 Å². The topological polar surface area (TPSA) is 29.0 Å². The lowest BCUT2D eigenvalue weighted by Crippen LogP contribution is -2.31. The maximum atomic E-state index is 5.87. The Morgan fingerprint density at radius 1 is 1.47 bits per heavy atom. The van der Waals surface area contributed by atoms with Crippen LogP contribution in [0.4, 0.5) is 0 Å². The van der Waals surface area contributed by atoms with Gasteiger partial charge in [0.2, 0.25) is 5.28 Å². The summed E-state index contributed by atoms with van der Waals surface area (Å²) < 4.78 is 0. The minimum absolute atomic E-state index is 0.373. The van der Waals surface area contributed by atoms with Gasteiger partial charge >= 0.3 is 0 Å². The molecule has 0 spiro atoms. The van der Waals surface area contributed by atoms with Crippen LogP contribution in [-0.4, -0.2) is 35.0 Å². The first kappa shape index (κ1) is 10.8. The second kappa shape index (κ2) is 4.45. The fraction of sp³-hybridized carbons (Fsp3) is 0.636. The van der Waals surface area contributed by atoms with Crippen LogP contribution in [0.15, 0.2) is 6.07 Å². The highest BCUT2D eigenvalue weighted by Gasteiger charge is 2.20. The van der Waals surface area contributed by atoms with E-state index in [1.807, 2.05) is 6.92 Å². The number of halogens is 1. The fourth-order valence-electron chi connectivity index (χ4n) is 2.17. The number of aryl methyl sites for hydroxylation is 1. The molecule has 0 amide bonds. The van der Waals surface area contributed by atoms with Crippen molar-refractivity contribution >= 4 is 11.6 Å². The van der Waals surface area contributed by atoms with Crippen molar-refractivity contribution in [2.45, 2.75) is 25.7 Å². The van der Waals surface area contributed by atoms with Crippen LogP contribution in [0.3, 0.4) is 0 Å². The van der Waals surface area contributed by atoms with Gasteiger partial charge in [-0.2, -0.15) is 0 Å². The zero-order valence-electron chi connectivity index (χ0n) is 9.20. The SMILES string of the molecule is Cc1cc(C2CCCN(C)C2)nc(Cl)n1. The summed E-state index contributed by atoms with van der Waals surface area (Å²) >= 11 is 5.87. The van der Waals surface area contributed by atoms with Gasteiger partial charge in [0, 0.05) is 23.9 Å². The first-order valence-corrected chi connectivity index (χ1v) is 5.72. The van der Waals surface area contributed by atoms with Gasteiger partial charge in [-0.05, 0) is 51.0 Å². The molecule has 4 heteroatoms. The third kappa shape index (κ3) is 2.67. The van der Waals surface area contributed by atoms with Crippen LogP contribution in [-0.2, 0) is 0 Å². The molecule has 2 rings (SSSR count). The van der Waals surface area contributed by atoms with E-state index in [-0.39, 0.29) is 0 Å². The Hall–Kier alpha value is -0.670. The van der Waals surface area contributed by atoms with Crippen molar-refractivity contribution in [3.8, 4) is 0 Å². The van der Waals surface area contributed by atoms with Crippen LogP contribution in [0.5, 0.6) is 0 Å². The molecule has 0 N–H and O–H groups in total. The van der Waals surface area contributed by atoms with E-state index in [1.54, 1.807) is 0 Å². The lowest BCUT2D eigenvalue weighted by atomic mass is 9.94. The number of aromatic nitrogens is 2. The Balaban J connectivity index is 2.20. The van der Waals surface area contributed by atoms with E-state index in [9.17, 15) is 0 Å². The maximum absolute atomic E-state index is 5.87. The fourth-order valence-corrected chi connectivity index (χ4v) is 2.40. The van der Waals surface area contributed by atoms with Gasteiger partial charge in [-0.15, -0.1) is 0 Å². The third-order valence-electron chi connectivity index (χ3n) is 2.89. The summed E-state index contributed by atoms with van der Waals surface area (Å²) in [6.45, 7) is 4.23. The van der Waals surface area contributed by atoms with Crippen molar-refractivity contribution in [1.82, 2.24) is 14.9 Å². The molecule has 0 radical (unpaired) electrons. The van der Waals surface area contributed by atoms with Crippen LogP contribution >= 0.6 is 11.6 Å². The smallest absolute Gasteiger partial charge is 0.222 e. The van der Waals surface area contributed by atoms with Crippen LogP contribution in [0, 0.1) is 6.92 Å². The molecule has 0 saturated carbocycles. The molecule has 1 saturated heterocycles. The molecule has 1 fully saturated rings. The van der Waals surface area contributed by atoms with Crippen molar-refractivity contribution in [3.63, 3.8) is 0 Å². The molecule has 1 aliphatic rings. The van der Waals surface area contributed by atoms with Crippen molar-refractivity contribution in [2.75, 3.05) is 20.1 Å². The molecule has 0 bridgehead atoms. The highest BCUT2D eigenvalue weighted by atomic mass is 35.5. The number of likely N-dealkylation sites (tertiary alicyclic amines) is 1. The molecule has 1 aromatic rings. The zero-order valence-corrected chi connectivity index (χ0v) is 9.96. The molecular weight excluding hydrogens is 210 g/mol. The van der Waals surface area contributed by atoms with Gasteiger partial charge in [0.05, 0.1) is 0 Å². The lowest BCUT2D eigenvalue weighted by molar-refractivity contribution is 0.248. The summed E-state index contributed by atoms with van der Waals surface area (Å²) in [7, 11) is 2.15. The van der Waals surface area contributed by atoms with E-state index >= 15 is 0 Å². The molecule has 15 heavy (non-hydrogen) atoms. The summed E-state index contributed by atoms with van der Waals surface area (Å²) in [5.74, 6) is 0.517. The number of hydrogen-bond acceptors (Lipinski definition) is 3. The normalized spacial score (nSPS) is 23.0. The summed E-state index contributed by atoms with van der Waals surface area (Å²) in [6.07, 6.45) is 2.44. The van der Waals surface area contributed by atoms with Gasteiger partial charge in [0.15, 0.2) is 0 Å². The third-order valence-corrected chi connectivity index (χ3v) is 3.06. The Morgan fingerprint density at radius 2 is 2.27 bits per heavy atom. The van der Waals surface area contributed by atoms with E-state index in [1.165, 1.54) is 19.4 Å². The molecule has 1 aliphatic heterocycles. The molecule has 2 heterocycles. The number of piperidine rings is 1. The first-order valence-electron chi connectivity index (χ1n) is 5.35. The lowest BCUT2D eigenvalue weighted by Gasteiger charge is -2.29. The molecule has 1 atom stereocenters. The van der Waals surface area contributed by atoms with Gasteiger partial charge in [-0.25, -0.2) is 9.97 Å². The standard InChI is InChI=1S/C11H16ClN3/c1-8-6-10(14-11(12)13-8)9-4-3-5-15(2)7-9/h6,9H,3-5,7H2,1-2H3. The van der Waals surface area contributed by atoms with E-state index in [0.29, 0.717) is 11.2 Å². The van der Waals surface area contributed by atoms with E-state index in [4.69, 9.17) is 11.6 Å². The average Bonchev–Trinajstić information content (AvgIpc) is 2.16. The van der Waals surface area contributed by atoms with Crippen molar-refractivity contribution in [3.05, 3.63) is 22.7 Å². The molecule has 1 unspecified atom stereocenters. The molecule has 0 aromatic carbocycles. The predicted octanol–water partition coefficient (Wildman–Crippen LogP) is 2.25. The van der Waals surface area contributed by atoms with Crippen molar-refractivity contribution in [2.24, 2.45) is 0 Å². The van der Waals surface area contributed by atoms with Crippen LogP contribution in [0.1, 0.15) is 30.1 Å². The molecule has 3 nitrogen and oxygen atoms in total. The van der Waals surface area contributed by atoms with Crippen molar-refractivity contribution in [1.29, 1.82) is 0 Å². The Labute approximate surface area is 95.5 Å². The summed E-state index contributed by atoms with van der Waals surface area (Å²) in [5.41, 5.74) is 2.05. The summed E-state index contributed by atoms with van der Waals surface area (Å²) in [5, 5.41) is 0.373. The second-order valence-electron chi connectivity index (χ2n) is 4.30. The number of hydrogen-bond donors (Lipinski definition) is 0. The Morgan fingerprint density at radius 3 is 2.93 bits per heavy atom. The van der Waals surface area contributed by atoms with Crippen LogP contribution in [0.25, 0.3) is 0 Å². The number of rotatable bonds is 1. The molecule has 1 aromatic heterocycles. The quantitative estimate of drug-likeness (QED) is 0.687. The van der Waals surface area contributed by atoms with E-state index < -0.39 is 0 Å². The Bertz CT molecular complexity index is 333. The van der Waals surface area contributed by atoms with Gasteiger partial charge in [0.1, 0.15) is 0 Å². The molecule has 82 valence electrons.